The largest absolute Gasteiger partial charge is 0.375 e. The molecular formula is C16H19F2N3O3. The molecule has 0 N–H and O–H groups in total. The molecule has 24 heavy (non-hydrogen) atoms. The minimum absolute atomic E-state index is 0.000376. The molecule has 3 rings (SSSR count). The molecule has 130 valence electrons. The molecule has 0 aromatic carbocycles. The first-order chi connectivity index (χ1) is 11.4. The molecule has 2 fully saturated rings. The number of carbonyl (C=O) groups excluding carboxylic acids is 2. The highest BCUT2D eigenvalue weighted by atomic mass is 19.3. The highest BCUT2D eigenvalue weighted by Gasteiger charge is 2.57. The van der Waals surface area contributed by atoms with Crippen molar-refractivity contribution >= 4 is 17.5 Å². The lowest BCUT2D eigenvalue weighted by molar-refractivity contribution is -0.161. The van der Waals surface area contributed by atoms with Gasteiger partial charge in [-0.3, -0.25) is 14.6 Å². The first kappa shape index (κ1) is 16.8. The van der Waals surface area contributed by atoms with E-state index in [1.165, 1.54) is 18.2 Å². The number of ether oxygens (including phenoxy) is 1. The molecule has 1 aromatic rings. The van der Waals surface area contributed by atoms with E-state index >= 15 is 0 Å². The van der Waals surface area contributed by atoms with Crippen molar-refractivity contribution < 1.29 is 23.1 Å². The molecule has 6 nitrogen and oxygen atoms in total. The zero-order chi connectivity index (χ0) is 17.4. The molecule has 2 saturated heterocycles. The Morgan fingerprint density at radius 2 is 2.21 bits per heavy atom. The van der Waals surface area contributed by atoms with Crippen LogP contribution in [0.2, 0.25) is 0 Å². The molecule has 2 aliphatic heterocycles. The van der Waals surface area contributed by atoms with E-state index in [-0.39, 0.29) is 25.5 Å². The molecule has 0 saturated carbocycles. The van der Waals surface area contributed by atoms with E-state index in [0.717, 1.165) is 4.90 Å². The third-order valence-corrected chi connectivity index (χ3v) is 4.60. The van der Waals surface area contributed by atoms with E-state index in [0.29, 0.717) is 12.2 Å². The quantitative estimate of drug-likeness (QED) is 0.833. The van der Waals surface area contributed by atoms with Gasteiger partial charge in [-0.15, -0.1) is 0 Å². The van der Waals surface area contributed by atoms with Crippen LogP contribution in [0.5, 0.6) is 0 Å². The number of likely N-dealkylation sites (tertiary alicyclic amines) is 1. The molecule has 2 aliphatic rings. The Morgan fingerprint density at radius 3 is 2.88 bits per heavy atom. The smallest absolute Gasteiger partial charge is 0.266 e. The van der Waals surface area contributed by atoms with E-state index in [1.807, 2.05) is 0 Å². The first-order valence-electron chi connectivity index (χ1n) is 7.73. The number of hydrogen-bond donors (Lipinski definition) is 0. The van der Waals surface area contributed by atoms with Gasteiger partial charge >= 0.3 is 0 Å². The second-order valence-electron chi connectivity index (χ2n) is 6.41. The Hall–Kier alpha value is -2.09. The predicted octanol–water partition coefficient (Wildman–Crippen LogP) is 1.32. The summed E-state index contributed by atoms with van der Waals surface area (Å²) in [6, 6.07) is 3.41. The van der Waals surface area contributed by atoms with Crippen molar-refractivity contribution in [2.24, 2.45) is 5.41 Å². The second-order valence-corrected chi connectivity index (χ2v) is 6.41. The maximum Gasteiger partial charge on any atom is 0.266 e. The molecule has 0 aliphatic carbocycles. The van der Waals surface area contributed by atoms with E-state index in [9.17, 15) is 18.4 Å². The fraction of sp³-hybridized carbons (Fsp3) is 0.562. The molecule has 2 amide bonds. The third kappa shape index (κ3) is 2.98. The second kappa shape index (κ2) is 6.08. The van der Waals surface area contributed by atoms with Crippen LogP contribution in [0.25, 0.3) is 0 Å². The lowest BCUT2D eigenvalue weighted by Gasteiger charge is -2.42. The number of aromatic nitrogens is 1. The van der Waals surface area contributed by atoms with E-state index in [4.69, 9.17) is 4.74 Å². The Labute approximate surface area is 138 Å². The summed E-state index contributed by atoms with van der Waals surface area (Å²) in [7, 11) is 1.33. The van der Waals surface area contributed by atoms with Crippen LogP contribution in [-0.4, -0.2) is 61.0 Å². The van der Waals surface area contributed by atoms with Gasteiger partial charge in [0.1, 0.15) is 6.61 Å². The zero-order valence-electron chi connectivity index (χ0n) is 13.4. The minimum atomic E-state index is -3.09. The van der Waals surface area contributed by atoms with E-state index in [1.54, 1.807) is 18.3 Å². The van der Waals surface area contributed by atoms with Crippen molar-refractivity contribution in [2.45, 2.75) is 18.8 Å². The van der Waals surface area contributed by atoms with Crippen molar-refractivity contribution in [1.82, 2.24) is 9.88 Å². The van der Waals surface area contributed by atoms with E-state index < -0.39 is 30.2 Å². The van der Waals surface area contributed by atoms with Gasteiger partial charge in [-0.05, 0) is 18.6 Å². The van der Waals surface area contributed by atoms with Gasteiger partial charge in [0.05, 0.1) is 23.8 Å². The van der Waals surface area contributed by atoms with Crippen LogP contribution in [0, 0.1) is 5.41 Å². The summed E-state index contributed by atoms with van der Waals surface area (Å²) in [4.78, 5) is 31.4. The average Bonchev–Trinajstić information content (AvgIpc) is 2.83. The van der Waals surface area contributed by atoms with Crippen LogP contribution in [0.3, 0.4) is 0 Å². The lowest BCUT2D eigenvalue weighted by Crippen LogP contribution is -2.57. The average molecular weight is 339 g/mol. The normalized spacial score (nSPS) is 26.2. The summed E-state index contributed by atoms with van der Waals surface area (Å²) in [6.45, 7) is -0.600. The van der Waals surface area contributed by atoms with Gasteiger partial charge in [0.2, 0.25) is 11.8 Å². The summed E-state index contributed by atoms with van der Waals surface area (Å²) < 4.78 is 33.2. The minimum Gasteiger partial charge on any atom is -0.375 e. The Balaban J connectivity index is 1.86. The van der Waals surface area contributed by atoms with Gasteiger partial charge in [-0.1, -0.05) is 0 Å². The summed E-state index contributed by atoms with van der Waals surface area (Å²) in [5, 5.41) is 0. The molecule has 0 radical (unpaired) electrons. The molecular weight excluding hydrogens is 320 g/mol. The van der Waals surface area contributed by atoms with Crippen LogP contribution >= 0.6 is 0 Å². The lowest BCUT2D eigenvalue weighted by atomic mass is 9.77. The van der Waals surface area contributed by atoms with Crippen molar-refractivity contribution in [3.8, 4) is 0 Å². The van der Waals surface area contributed by atoms with Crippen molar-refractivity contribution in [2.75, 3.05) is 38.3 Å². The maximum absolute atomic E-state index is 14.2. The molecule has 1 spiro atoms. The summed E-state index contributed by atoms with van der Waals surface area (Å²) >= 11 is 0. The summed E-state index contributed by atoms with van der Waals surface area (Å²) in [5.74, 6) is -3.99. The number of pyridine rings is 1. The maximum atomic E-state index is 14.2. The number of carbonyl (C=O) groups is 2. The third-order valence-electron chi connectivity index (χ3n) is 4.60. The molecule has 0 bridgehead atoms. The topological polar surface area (TPSA) is 62.7 Å². The van der Waals surface area contributed by atoms with Crippen molar-refractivity contribution in [3.63, 3.8) is 0 Å². The van der Waals surface area contributed by atoms with Gasteiger partial charge in [0.25, 0.3) is 5.92 Å². The van der Waals surface area contributed by atoms with Gasteiger partial charge in [0, 0.05) is 32.8 Å². The van der Waals surface area contributed by atoms with Gasteiger partial charge in [-0.25, -0.2) is 8.78 Å². The molecule has 1 atom stereocenters. The fourth-order valence-electron chi connectivity index (χ4n) is 3.59. The number of halogens is 2. The molecule has 8 heteroatoms. The molecule has 3 heterocycles. The van der Waals surface area contributed by atoms with Gasteiger partial charge in [-0.2, -0.15) is 0 Å². The number of alkyl halides is 2. The summed E-state index contributed by atoms with van der Waals surface area (Å²) in [6.07, 6.45) is 2.87. The van der Waals surface area contributed by atoms with Crippen LogP contribution < -0.4 is 4.90 Å². The Morgan fingerprint density at radius 1 is 1.42 bits per heavy atom. The SMILES string of the molecule is COCC(=O)N1CC(F)(F)CC2(CCN(c3cccnc3)C2=O)C1. The first-order valence-corrected chi connectivity index (χ1v) is 7.73. The number of piperidine rings is 1. The zero-order valence-corrected chi connectivity index (χ0v) is 13.4. The predicted molar refractivity (Wildman–Crippen MR) is 81.7 cm³/mol. The Kier molecular flexibility index (Phi) is 4.25. The Bertz CT molecular complexity index is 641. The number of anilines is 1. The fourth-order valence-corrected chi connectivity index (χ4v) is 3.59. The van der Waals surface area contributed by atoms with Crippen LogP contribution in [0.15, 0.2) is 24.5 Å². The van der Waals surface area contributed by atoms with Gasteiger partial charge < -0.3 is 14.5 Å². The number of amides is 2. The number of methoxy groups -OCH3 is 1. The standard InChI is InChI=1S/C16H19F2N3O3/c1-24-8-13(22)20-10-15(9-16(17,18)11-20)4-6-21(14(15)23)12-3-2-5-19-7-12/h2-3,5,7H,4,6,8-11H2,1H3. The van der Waals surface area contributed by atoms with E-state index in [2.05, 4.69) is 4.98 Å². The van der Waals surface area contributed by atoms with Gasteiger partial charge in [0.15, 0.2) is 0 Å². The van der Waals surface area contributed by atoms with Crippen LogP contribution in [0.4, 0.5) is 14.5 Å². The molecule has 1 aromatic heterocycles. The number of nitrogens with zero attached hydrogens (tertiary/aromatic N) is 3. The molecule has 1 unspecified atom stereocenters. The summed E-state index contributed by atoms with van der Waals surface area (Å²) in [5.41, 5.74) is -0.663. The van der Waals surface area contributed by atoms with Crippen LogP contribution in [-0.2, 0) is 14.3 Å². The highest BCUT2D eigenvalue weighted by Crippen LogP contribution is 2.46. The van der Waals surface area contributed by atoms with Crippen molar-refractivity contribution in [3.05, 3.63) is 24.5 Å². The van der Waals surface area contributed by atoms with Crippen molar-refractivity contribution in [1.29, 1.82) is 0 Å². The highest BCUT2D eigenvalue weighted by molar-refractivity contribution is 6.00. The number of hydrogen-bond acceptors (Lipinski definition) is 4. The number of rotatable bonds is 3. The van der Waals surface area contributed by atoms with Crippen LogP contribution in [0.1, 0.15) is 12.8 Å². The monoisotopic (exact) mass is 339 g/mol.